The lowest BCUT2D eigenvalue weighted by atomic mass is 10.1. The van der Waals surface area contributed by atoms with Crippen molar-refractivity contribution >= 4 is 35.2 Å². The van der Waals surface area contributed by atoms with Crippen molar-refractivity contribution in [3.8, 4) is 5.75 Å². The number of rotatable bonds is 9. The van der Waals surface area contributed by atoms with E-state index < -0.39 is 17.4 Å². The highest BCUT2D eigenvalue weighted by molar-refractivity contribution is 7.99. The van der Waals surface area contributed by atoms with Crippen LogP contribution in [0.25, 0.3) is 0 Å². The Morgan fingerprint density at radius 1 is 1.22 bits per heavy atom. The molecule has 0 aliphatic rings. The summed E-state index contributed by atoms with van der Waals surface area (Å²) in [5, 5.41) is 3.26. The summed E-state index contributed by atoms with van der Waals surface area (Å²) in [6.07, 6.45) is 0. The highest BCUT2D eigenvalue weighted by Crippen LogP contribution is 2.25. The third-order valence-electron chi connectivity index (χ3n) is 4.69. The number of carbonyl (C=O) groups is 2. The van der Waals surface area contributed by atoms with Crippen molar-refractivity contribution in [1.82, 2.24) is 10.2 Å². The number of thioether (sulfide) groups is 1. The van der Waals surface area contributed by atoms with Gasteiger partial charge < -0.3 is 15.0 Å². The summed E-state index contributed by atoms with van der Waals surface area (Å²) in [5.74, 6) is 0.154. The van der Waals surface area contributed by atoms with Gasteiger partial charge in [0.05, 0.1) is 12.9 Å². The topological polar surface area (TPSA) is 58.6 Å². The zero-order chi connectivity index (χ0) is 23.9. The third kappa shape index (κ3) is 7.71. The maximum absolute atomic E-state index is 14.0. The maximum Gasteiger partial charge on any atom is 0.242 e. The van der Waals surface area contributed by atoms with E-state index in [4.69, 9.17) is 16.3 Å². The number of carbonyl (C=O) groups excluding carboxylic acids is 2. The summed E-state index contributed by atoms with van der Waals surface area (Å²) in [5.41, 5.74) is 0.784. The molecule has 8 heteroatoms. The van der Waals surface area contributed by atoms with E-state index in [9.17, 15) is 14.0 Å². The van der Waals surface area contributed by atoms with Gasteiger partial charge in [-0.2, -0.15) is 0 Å². The van der Waals surface area contributed by atoms with Crippen LogP contribution in [-0.2, 0) is 21.9 Å². The van der Waals surface area contributed by atoms with Crippen molar-refractivity contribution in [3.05, 3.63) is 64.4 Å². The molecule has 0 spiro atoms. The first-order valence-electron chi connectivity index (χ1n) is 10.3. The molecule has 2 aromatic rings. The molecule has 0 aliphatic heterocycles. The second-order valence-electron chi connectivity index (χ2n) is 8.48. The Morgan fingerprint density at radius 3 is 2.53 bits per heavy atom. The SMILES string of the molecule is COc1cccc(CN(C(=O)CSCc2c(F)cccc2Cl)C(C)C(=O)NC(C)(C)C)c1. The molecule has 1 N–H and O–H groups in total. The minimum absolute atomic E-state index is 0.0851. The molecule has 0 fully saturated rings. The molecule has 2 aromatic carbocycles. The van der Waals surface area contributed by atoms with Crippen LogP contribution in [0.2, 0.25) is 5.02 Å². The first-order valence-corrected chi connectivity index (χ1v) is 11.8. The van der Waals surface area contributed by atoms with Crippen LogP contribution in [0.15, 0.2) is 42.5 Å². The van der Waals surface area contributed by atoms with Crippen LogP contribution in [-0.4, -0.2) is 41.2 Å². The van der Waals surface area contributed by atoms with Gasteiger partial charge in [0.2, 0.25) is 11.8 Å². The lowest BCUT2D eigenvalue weighted by Crippen LogP contribution is -2.52. The van der Waals surface area contributed by atoms with Gasteiger partial charge in [-0.3, -0.25) is 9.59 Å². The van der Waals surface area contributed by atoms with Crippen molar-refractivity contribution in [1.29, 1.82) is 0 Å². The van der Waals surface area contributed by atoms with Gasteiger partial charge in [-0.05, 0) is 57.5 Å². The fourth-order valence-corrected chi connectivity index (χ4v) is 4.27. The molecule has 174 valence electrons. The first-order chi connectivity index (χ1) is 15.0. The normalized spacial score (nSPS) is 12.2. The number of hydrogen-bond acceptors (Lipinski definition) is 4. The van der Waals surface area contributed by atoms with E-state index in [1.165, 1.54) is 22.7 Å². The number of methoxy groups -OCH3 is 1. The van der Waals surface area contributed by atoms with Gasteiger partial charge in [0.15, 0.2) is 0 Å². The lowest BCUT2D eigenvalue weighted by Gasteiger charge is -2.31. The van der Waals surface area contributed by atoms with Crippen molar-refractivity contribution < 1.29 is 18.7 Å². The zero-order valence-electron chi connectivity index (χ0n) is 19.1. The number of hydrogen-bond donors (Lipinski definition) is 1. The van der Waals surface area contributed by atoms with E-state index in [1.807, 2.05) is 45.0 Å². The van der Waals surface area contributed by atoms with E-state index >= 15 is 0 Å². The number of halogens is 2. The number of nitrogens with zero attached hydrogens (tertiary/aromatic N) is 1. The molecular formula is C24H30ClFN2O3S. The van der Waals surface area contributed by atoms with Crippen LogP contribution in [0, 0.1) is 5.82 Å². The second kappa shape index (κ2) is 11.6. The fourth-order valence-electron chi connectivity index (χ4n) is 3.02. The summed E-state index contributed by atoms with van der Waals surface area (Å²) in [6.45, 7) is 7.62. The Bertz CT molecular complexity index is 929. The van der Waals surface area contributed by atoms with Crippen LogP contribution in [0.3, 0.4) is 0 Å². The molecule has 32 heavy (non-hydrogen) atoms. The number of amides is 2. The molecular weight excluding hydrogens is 451 g/mol. The van der Waals surface area contributed by atoms with Crippen molar-refractivity contribution in [3.63, 3.8) is 0 Å². The van der Waals surface area contributed by atoms with Crippen molar-refractivity contribution in [2.45, 2.75) is 51.6 Å². The highest BCUT2D eigenvalue weighted by atomic mass is 35.5. The Kier molecular flexibility index (Phi) is 9.40. The zero-order valence-corrected chi connectivity index (χ0v) is 20.6. The van der Waals surface area contributed by atoms with Crippen LogP contribution in [0.4, 0.5) is 4.39 Å². The van der Waals surface area contributed by atoms with Crippen molar-refractivity contribution in [2.75, 3.05) is 12.9 Å². The Balaban J connectivity index is 2.16. The Labute approximate surface area is 198 Å². The number of ether oxygens (including phenoxy) is 1. The largest absolute Gasteiger partial charge is 0.497 e. The van der Waals surface area contributed by atoms with Gasteiger partial charge in [-0.25, -0.2) is 4.39 Å². The first kappa shape index (κ1) is 26.0. The van der Waals surface area contributed by atoms with Gasteiger partial charge in [-0.1, -0.05) is 29.8 Å². The van der Waals surface area contributed by atoms with E-state index in [2.05, 4.69) is 5.32 Å². The van der Waals surface area contributed by atoms with Crippen LogP contribution < -0.4 is 10.1 Å². The molecule has 0 radical (unpaired) electrons. The summed E-state index contributed by atoms with van der Waals surface area (Å²) in [7, 11) is 1.58. The Morgan fingerprint density at radius 2 is 1.91 bits per heavy atom. The highest BCUT2D eigenvalue weighted by Gasteiger charge is 2.28. The molecule has 0 heterocycles. The fraction of sp³-hybridized carbons (Fsp3) is 0.417. The van der Waals surface area contributed by atoms with Crippen LogP contribution in [0.1, 0.15) is 38.8 Å². The van der Waals surface area contributed by atoms with E-state index in [0.717, 1.165) is 5.56 Å². The average Bonchev–Trinajstić information content (AvgIpc) is 2.72. The molecule has 5 nitrogen and oxygen atoms in total. The van der Waals surface area contributed by atoms with Gasteiger partial charge in [-0.15, -0.1) is 11.8 Å². The molecule has 0 aliphatic carbocycles. The van der Waals surface area contributed by atoms with Crippen LogP contribution >= 0.6 is 23.4 Å². The van der Waals surface area contributed by atoms with E-state index in [1.54, 1.807) is 26.2 Å². The van der Waals surface area contributed by atoms with Gasteiger partial charge in [0, 0.05) is 28.4 Å². The molecule has 0 aromatic heterocycles. The molecule has 0 saturated heterocycles. The maximum atomic E-state index is 14.0. The smallest absolute Gasteiger partial charge is 0.242 e. The summed E-state index contributed by atoms with van der Waals surface area (Å²) in [4.78, 5) is 27.5. The van der Waals surface area contributed by atoms with Crippen molar-refractivity contribution in [2.24, 2.45) is 0 Å². The quantitative estimate of drug-likeness (QED) is 0.545. The average molecular weight is 481 g/mol. The minimum atomic E-state index is -0.689. The summed E-state index contributed by atoms with van der Waals surface area (Å²) < 4.78 is 19.3. The van der Waals surface area contributed by atoms with E-state index in [0.29, 0.717) is 16.3 Å². The number of nitrogens with one attached hydrogen (secondary N) is 1. The molecule has 1 atom stereocenters. The van der Waals surface area contributed by atoms with Gasteiger partial charge in [0.25, 0.3) is 0 Å². The van der Waals surface area contributed by atoms with Gasteiger partial charge >= 0.3 is 0 Å². The second-order valence-corrected chi connectivity index (χ2v) is 9.87. The van der Waals surface area contributed by atoms with Gasteiger partial charge in [0.1, 0.15) is 17.6 Å². The third-order valence-corrected chi connectivity index (χ3v) is 5.98. The minimum Gasteiger partial charge on any atom is -0.497 e. The summed E-state index contributed by atoms with van der Waals surface area (Å²) >= 11 is 7.34. The number of benzene rings is 2. The standard InChI is InChI=1S/C24H30ClFN2O3S/c1-16(23(30)27-24(2,3)4)28(13-17-8-6-9-18(12-17)31-5)22(29)15-32-14-19-20(25)10-7-11-21(19)26/h6-12,16H,13-15H2,1-5H3,(H,27,30). The molecule has 2 amide bonds. The van der Waals surface area contributed by atoms with Crippen LogP contribution in [0.5, 0.6) is 5.75 Å². The Hall–Kier alpha value is -2.25. The molecule has 2 rings (SSSR count). The predicted octanol–water partition coefficient (Wildman–Crippen LogP) is 5.05. The predicted molar refractivity (Wildman–Crippen MR) is 128 cm³/mol. The molecule has 0 saturated carbocycles. The van der Waals surface area contributed by atoms with E-state index in [-0.39, 0.29) is 29.9 Å². The summed E-state index contributed by atoms with van der Waals surface area (Å²) in [6, 6.07) is 11.2. The molecule has 0 bridgehead atoms. The monoisotopic (exact) mass is 480 g/mol. The lowest BCUT2D eigenvalue weighted by molar-refractivity contribution is -0.139. The molecule has 1 unspecified atom stereocenters.